The summed E-state index contributed by atoms with van der Waals surface area (Å²) in [4.78, 5) is 11.4. The summed E-state index contributed by atoms with van der Waals surface area (Å²) in [6.45, 7) is 2.63. The molecular formula is C21H25ClFNO4S. The van der Waals surface area contributed by atoms with E-state index in [0.717, 1.165) is 11.3 Å². The SMILES string of the molecule is CCOc1cc(CNC(CCSC)C(=O)O)ccc1OCc1c(F)cccc1Cl. The normalized spacial score (nSPS) is 11.9. The molecule has 2 rings (SSSR count). The smallest absolute Gasteiger partial charge is 0.320 e. The Morgan fingerprint density at radius 1 is 1.28 bits per heavy atom. The Morgan fingerprint density at radius 3 is 2.72 bits per heavy atom. The van der Waals surface area contributed by atoms with Crippen LogP contribution in [0.15, 0.2) is 36.4 Å². The third-order valence-electron chi connectivity index (χ3n) is 4.20. The highest BCUT2D eigenvalue weighted by Gasteiger charge is 2.17. The lowest BCUT2D eigenvalue weighted by Gasteiger charge is -2.16. The highest BCUT2D eigenvalue weighted by molar-refractivity contribution is 7.98. The molecule has 0 amide bonds. The van der Waals surface area contributed by atoms with E-state index in [1.807, 2.05) is 19.2 Å². The highest BCUT2D eigenvalue weighted by Crippen LogP contribution is 2.30. The zero-order valence-corrected chi connectivity index (χ0v) is 18.0. The van der Waals surface area contributed by atoms with Crippen molar-refractivity contribution < 1.29 is 23.8 Å². The Balaban J connectivity index is 2.08. The van der Waals surface area contributed by atoms with E-state index in [0.29, 0.717) is 36.1 Å². The topological polar surface area (TPSA) is 67.8 Å². The lowest BCUT2D eigenvalue weighted by atomic mass is 10.1. The fourth-order valence-corrected chi connectivity index (χ4v) is 3.35. The lowest BCUT2D eigenvalue weighted by Crippen LogP contribution is -2.36. The molecule has 0 aliphatic carbocycles. The molecule has 0 aliphatic rings. The van der Waals surface area contributed by atoms with Crippen molar-refractivity contribution in [2.45, 2.75) is 32.5 Å². The zero-order chi connectivity index (χ0) is 21.2. The molecule has 0 aromatic heterocycles. The summed E-state index contributed by atoms with van der Waals surface area (Å²) in [6, 6.07) is 9.21. The third-order valence-corrected chi connectivity index (χ3v) is 5.20. The first-order valence-corrected chi connectivity index (χ1v) is 11.0. The van der Waals surface area contributed by atoms with E-state index in [4.69, 9.17) is 21.1 Å². The molecule has 0 radical (unpaired) electrons. The predicted molar refractivity (Wildman–Crippen MR) is 115 cm³/mol. The average molecular weight is 442 g/mol. The summed E-state index contributed by atoms with van der Waals surface area (Å²) in [5.41, 5.74) is 1.14. The van der Waals surface area contributed by atoms with Crippen molar-refractivity contribution in [3.8, 4) is 11.5 Å². The highest BCUT2D eigenvalue weighted by atomic mass is 35.5. The van der Waals surface area contributed by atoms with Crippen molar-refractivity contribution in [1.82, 2.24) is 5.32 Å². The summed E-state index contributed by atoms with van der Waals surface area (Å²) in [5, 5.41) is 12.7. The molecule has 8 heteroatoms. The number of halogens is 2. The first-order chi connectivity index (χ1) is 14.0. The van der Waals surface area contributed by atoms with Crippen molar-refractivity contribution >= 4 is 29.3 Å². The van der Waals surface area contributed by atoms with Gasteiger partial charge in [-0.2, -0.15) is 11.8 Å². The fraction of sp³-hybridized carbons (Fsp3) is 0.381. The number of carboxylic acid groups (broad SMARTS) is 1. The molecule has 0 saturated heterocycles. The van der Waals surface area contributed by atoms with Gasteiger partial charge in [0.25, 0.3) is 0 Å². The fourth-order valence-electron chi connectivity index (χ4n) is 2.66. The molecular weight excluding hydrogens is 417 g/mol. The van der Waals surface area contributed by atoms with Crippen LogP contribution in [0.4, 0.5) is 4.39 Å². The molecule has 29 heavy (non-hydrogen) atoms. The van der Waals surface area contributed by atoms with Crippen LogP contribution in [0.3, 0.4) is 0 Å². The van der Waals surface area contributed by atoms with E-state index in [1.54, 1.807) is 30.0 Å². The number of hydrogen-bond acceptors (Lipinski definition) is 5. The van der Waals surface area contributed by atoms with Gasteiger partial charge in [-0.1, -0.05) is 23.7 Å². The van der Waals surface area contributed by atoms with E-state index < -0.39 is 17.8 Å². The maximum Gasteiger partial charge on any atom is 0.320 e. The molecule has 1 atom stereocenters. The van der Waals surface area contributed by atoms with Crippen LogP contribution in [0.1, 0.15) is 24.5 Å². The molecule has 1 unspecified atom stereocenters. The Labute approximate surface area is 179 Å². The zero-order valence-electron chi connectivity index (χ0n) is 16.4. The molecule has 0 fully saturated rings. The molecule has 0 spiro atoms. The summed E-state index contributed by atoms with van der Waals surface area (Å²) in [5.74, 6) is 0.439. The minimum Gasteiger partial charge on any atom is -0.490 e. The van der Waals surface area contributed by atoms with Crippen LogP contribution in [0.25, 0.3) is 0 Å². The quantitative estimate of drug-likeness (QED) is 0.495. The molecule has 0 saturated carbocycles. The molecule has 2 aromatic rings. The number of benzene rings is 2. The molecule has 5 nitrogen and oxygen atoms in total. The van der Waals surface area contributed by atoms with Gasteiger partial charge in [-0.15, -0.1) is 0 Å². The largest absolute Gasteiger partial charge is 0.490 e. The van der Waals surface area contributed by atoms with Gasteiger partial charge in [0, 0.05) is 12.1 Å². The van der Waals surface area contributed by atoms with E-state index >= 15 is 0 Å². The number of ether oxygens (including phenoxy) is 2. The second kappa shape index (κ2) is 11.9. The van der Waals surface area contributed by atoms with Crippen molar-refractivity contribution in [3.05, 3.63) is 58.4 Å². The minimum atomic E-state index is -0.870. The Hall–Kier alpha value is -1.96. The van der Waals surface area contributed by atoms with Crippen LogP contribution < -0.4 is 14.8 Å². The second-order valence-electron chi connectivity index (χ2n) is 6.26. The van der Waals surface area contributed by atoms with Gasteiger partial charge in [-0.3, -0.25) is 4.79 Å². The van der Waals surface area contributed by atoms with Crippen molar-refractivity contribution in [3.63, 3.8) is 0 Å². The van der Waals surface area contributed by atoms with Crippen LogP contribution in [-0.2, 0) is 17.9 Å². The number of hydrogen-bond donors (Lipinski definition) is 2. The first-order valence-electron chi connectivity index (χ1n) is 9.22. The van der Waals surface area contributed by atoms with Gasteiger partial charge in [0.15, 0.2) is 11.5 Å². The summed E-state index contributed by atoms with van der Waals surface area (Å²) in [6.07, 6.45) is 2.49. The second-order valence-corrected chi connectivity index (χ2v) is 7.65. The van der Waals surface area contributed by atoms with Crippen LogP contribution in [-0.4, -0.2) is 35.7 Å². The molecule has 0 bridgehead atoms. The minimum absolute atomic E-state index is 0.0288. The van der Waals surface area contributed by atoms with Gasteiger partial charge in [-0.05, 0) is 55.2 Å². The standard InChI is InChI=1S/C21H25ClFNO4S/c1-3-27-20-11-14(12-24-18(21(25)26)9-10-29-2)7-8-19(20)28-13-15-16(22)5-4-6-17(15)23/h4-8,11,18,24H,3,9-10,12-13H2,1-2H3,(H,25,26). The summed E-state index contributed by atoms with van der Waals surface area (Å²) >= 11 is 7.66. The van der Waals surface area contributed by atoms with E-state index in [-0.39, 0.29) is 12.2 Å². The van der Waals surface area contributed by atoms with Crippen molar-refractivity contribution in [1.29, 1.82) is 0 Å². The van der Waals surface area contributed by atoms with E-state index in [9.17, 15) is 14.3 Å². The van der Waals surface area contributed by atoms with E-state index in [2.05, 4.69) is 5.32 Å². The van der Waals surface area contributed by atoms with E-state index in [1.165, 1.54) is 12.1 Å². The van der Waals surface area contributed by atoms with Crippen LogP contribution in [0.5, 0.6) is 11.5 Å². The Bertz CT molecular complexity index is 801. The lowest BCUT2D eigenvalue weighted by molar-refractivity contribution is -0.139. The Kier molecular flexibility index (Phi) is 9.57. The molecule has 158 valence electrons. The maximum absolute atomic E-state index is 13.9. The number of aliphatic carboxylic acids is 1. The molecule has 0 aliphatic heterocycles. The van der Waals surface area contributed by atoms with Gasteiger partial charge >= 0.3 is 5.97 Å². The van der Waals surface area contributed by atoms with Crippen molar-refractivity contribution in [2.75, 3.05) is 18.6 Å². The molecule has 2 N–H and O–H groups in total. The Morgan fingerprint density at radius 2 is 2.07 bits per heavy atom. The van der Waals surface area contributed by atoms with Crippen LogP contribution in [0.2, 0.25) is 5.02 Å². The van der Waals surface area contributed by atoms with Gasteiger partial charge in [-0.25, -0.2) is 4.39 Å². The van der Waals surface area contributed by atoms with Gasteiger partial charge in [0.05, 0.1) is 11.6 Å². The number of nitrogens with one attached hydrogen (secondary N) is 1. The van der Waals surface area contributed by atoms with Gasteiger partial charge in [0.1, 0.15) is 18.5 Å². The number of thioether (sulfide) groups is 1. The van der Waals surface area contributed by atoms with Gasteiger partial charge < -0.3 is 19.9 Å². The predicted octanol–water partition coefficient (Wildman–Crippen LogP) is 4.75. The number of carboxylic acids is 1. The third kappa shape index (κ3) is 7.10. The van der Waals surface area contributed by atoms with Crippen LogP contribution in [0, 0.1) is 5.82 Å². The number of rotatable bonds is 12. The summed E-state index contributed by atoms with van der Waals surface area (Å²) in [7, 11) is 0. The average Bonchev–Trinajstić information content (AvgIpc) is 2.69. The van der Waals surface area contributed by atoms with Crippen LogP contribution >= 0.6 is 23.4 Å². The summed E-state index contributed by atoms with van der Waals surface area (Å²) < 4.78 is 25.3. The first kappa shape index (κ1) is 23.3. The van der Waals surface area contributed by atoms with Gasteiger partial charge in [0.2, 0.25) is 0 Å². The maximum atomic E-state index is 13.9. The van der Waals surface area contributed by atoms with Crippen molar-refractivity contribution in [2.24, 2.45) is 0 Å². The monoisotopic (exact) mass is 441 g/mol. The number of carbonyl (C=O) groups is 1. The molecule has 0 heterocycles. The molecule has 2 aromatic carbocycles.